The molecule has 2 aromatic heterocycles. The Bertz CT molecular complexity index is 754. The fourth-order valence-corrected chi connectivity index (χ4v) is 3.51. The van der Waals surface area contributed by atoms with Gasteiger partial charge in [-0.15, -0.1) is 11.3 Å². The van der Waals surface area contributed by atoms with Gasteiger partial charge in [0.1, 0.15) is 5.82 Å². The maximum atomic E-state index is 12.7. The Balaban J connectivity index is 1.72. The maximum absolute atomic E-state index is 12.7. The van der Waals surface area contributed by atoms with E-state index in [1.54, 1.807) is 16.5 Å². The number of thiazole rings is 1. The molecule has 0 unspecified atom stereocenters. The molecular weight excluding hydrogens is 377 g/mol. The third kappa shape index (κ3) is 4.21. The highest BCUT2D eigenvalue weighted by Crippen LogP contribution is 2.34. The molecule has 10 heteroatoms. The summed E-state index contributed by atoms with van der Waals surface area (Å²) in [6, 6.07) is 0.864. The molecule has 0 radical (unpaired) electrons. The predicted molar refractivity (Wildman–Crippen MR) is 89.9 cm³/mol. The number of carbonyl (C=O) groups excluding carboxylic acids is 1. The molecule has 1 aliphatic heterocycles. The van der Waals surface area contributed by atoms with Gasteiger partial charge in [-0.05, 0) is 18.9 Å². The van der Waals surface area contributed by atoms with Gasteiger partial charge in [0.05, 0.1) is 16.5 Å². The number of anilines is 2. The van der Waals surface area contributed by atoms with Crippen molar-refractivity contribution >= 4 is 39.8 Å². The molecule has 5 nitrogen and oxygen atoms in total. The number of nitrogens with one attached hydrogen (secondary N) is 1. The first kappa shape index (κ1) is 17.9. The maximum Gasteiger partial charge on any atom is 0.417 e. The fourth-order valence-electron chi connectivity index (χ4n) is 2.69. The van der Waals surface area contributed by atoms with E-state index in [2.05, 4.69) is 15.3 Å². The molecule has 1 amide bonds. The average molecular weight is 391 g/mol. The van der Waals surface area contributed by atoms with Crippen LogP contribution in [0.25, 0.3) is 0 Å². The van der Waals surface area contributed by atoms with E-state index in [0.29, 0.717) is 24.6 Å². The summed E-state index contributed by atoms with van der Waals surface area (Å²) in [6.45, 7) is 0.925. The molecule has 0 spiro atoms. The molecule has 3 rings (SSSR count). The summed E-state index contributed by atoms with van der Waals surface area (Å²) < 4.78 is 38.2. The Labute approximate surface area is 150 Å². The number of carbonyl (C=O) groups is 1. The number of nitrogens with zero attached hydrogens (tertiary/aromatic N) is 3. The zero-order valence-corrected chi connectivity index (χ0v) is 14.5. The number of alkyl halides is 3. The van der Waals surface area contributed by atoms with Gasteiger partial charge in [0.15, 0.2) is 5.13 Å². The molecule has 1 saturated heterocycles. The molecule has 3 heterocycles. The lowest BCUT2D eigenvalue weighted by molar-refractivity contribution is -0.137. The van der Waals surface area contributed by atoms with Crippen LogP contribution in [0, 0.1) is 5.92 Å². The number of hydrogen-bond donors (Lipinski definition) is 1. The Hall–Kier alpha value is -1.87. The topological polar surface area (TPSA) is 58.1 Å². The van der Waals surface area contributed by atoms with E-state index >= 15 is 0 Å². The van der Waals surface area contributed by atoms with E-state index < -0.39 is 11.7 Å². The molecule has 1 aliphatic rings. The summed E-state index contributed by atoms with van der Waals surface area (Å²) in [4.78, 5) is 22.0. The van der Waals surface area contributed by atoms with E-state index in [9.17, 15) is 18.0 Å². The monoisotopic (exact) mass is 390 g/mol. The lowest BCUT2D eigenvalue weighted by Crippen LogP contribution is -2.41. The van der Waals surface area contributed by atoms with E-state index in [4.69, 9.17) is 11.6 Å². The van der Waals surface area contributed by atoms with Crippen molar-refractivity contribution in [1.82, 2.24) is 9.97 Å². The van der Waals surface area contributed by atoms with Crippen LogP contribution in [0.15, 0.2) is 23.8 Å². The fraction of sp³-hybridized carbons (Fsp3) is 0.400. The lowest BCUT2D eigenvalue weighted by Gasteiger charge is -2.33. The van der Waals surface area contributed by atoms with Crippen LogP contribution in [0.3, 0.4) is 0 Å². The van der Waals surface area contributed by atoms with Crippen LogP contribution in [0.1, 0.15) is 18.4 Å². The van der Waals surface area contributed by atoms with Crippen molar-refractivity contribution in [2.24, 2.45) is 5.92 Å². The Morgan fingerprint density at radius 2 is 2.20 bits per heavy atom. The van der Waals surface area contributed by atoms with Gasteiger partial charge in [0.2, 0.25) is 5.91 Å². The zero-order valence-electron chi connectivity index (χ0n) is 12.9. The molecule has 2 aromatic rings. The van der Waals surface area contributed by atoms with Crippen LogP contribution in [0.5, 0.6) is 0 Å². The van der Waals surface area contributed by atoms with Gasteiger partial charge < -0.3 is 10.2 Å². The molecule has 1 N–H and O–H groups in total. The Morgan fingerprint density at radius 1 is 1.40 bits per heavy atom. The number of amides is 1. The standard InChI is InChI=1S/C15H14ClF3N4OS/c16-11-6-10(15(17,18)19)7-21-12(11)23-4-1-2-9(8-23)13(24)22-14-20-3-5-25-14/h3,5-7,9H,1-2,4,8H2,(H,20,22,24)/t9-/m1/s1. The number of hydrogen-bond acceptors (Lipinski definition) is 5. The normalized spacial score (nSPS) is 18.2. The van der Waals surface area contributed by atoms with Gasteiger partial charge in [0.25, 0.3) is 0 Å². The molecule has 1 atom stereocenters. The second kappa shape index (κ2) is 7.17. The minimum atomic E-state index is -4.49. The van der Waals surface area contributed by atoms with E-state index in [0.717, 1.165) is 18.7 Å². The summed E-state index contributed by atoms with van der Waals surface area (Å²) in [7, 11) is 0. The van der Waals surface area contributed by atoms with E-state index in [-0.39, 0.29) is 22.7 Å². The van der Waals surface area contributed by atoms with Crippen LogP contribution in [0.2, 0.25) is 5.02 Å². The highest BCUT2D eigenvalue weighted by atomic mass is 35.5. The second-order valence-electron chi connectivity index (χ2n) is 5.64. The molecular formula is C15H14ClF3N4OS. The van der Waals surface area contributed by atoms with Crippen molar-refractivity contribution in [3.8, 4) is 0 Å². The van der Waals surface area contributed by atoms with Gasteiger partial charge >= 0.3 is 6.18 Å². The van der Waals surface area contributed by atoms with Crippen molar-refractivity contribution in [3.63, 3.8) is 0 Å². The molecule has 1 fully saturated rings. The first-order chi connectivity index (χ1) is 11.8. The highest BCUT2D eigenvalue weighted by Gasteiger charge is 2.33. The average Bonchev–Trinajstić information content (AvgIpc) is 3.07. The number of piperidine rings is 1. The Kier molecular flexibility index (Phi) is 5.14. The smallest absolute Gasteiger partial charge is 0.355 e. The minimum Gasteiger partial charge on any atom is -0.355 e. The quantitative estimate of drug-likeness (QED) is 0.858. The molecule has 0 aliphatic carbocycles. The van der Waals surface area contributed by atoms with Crippen LogP contribution in [0.4, 0.5) is 24.1 Å². The van der Waals surface area contributed by atoms with Crippen LogP contribution in [-0.2, 0) is 11.0 Å². The van der Waals surface area contributed by atoms with Crippen molar-refractivity contribution in [2.45, 2.75) is 19.0 Å². The molecule has 25 heavy (non-hydrogen) atoms. The van der Waals surface area contributed by atoms with Crippen molar-refractivity contribution < 1.29 is 18.0 Å². The third-order valence-electron chi connectivity index (χ3n) is 3.90. The summed E-state index contributed by atoms with van der Waals surface area (Å²) >= 11 is 7.32. The van der Waals surface area contributed by atoms with Gasteiger partial charge in [-0.1, -0.05) is 11.6 Å². The molecule has 0 bridgehead atoms. The lowest BCUT2D eigenvalue weighted by atomic mass is 9.97. The van der Waals surface area contributed by atoms with E-state index in [1.807, 2.05) is 0 Å². The largest absolute Gasteiger partial charge is 0.417 e. The van der Waals surface area contributed by atoms with Crippen LogP contribution < -0.4 is 10.2 Å². The first-order valence-corrected chi connectivity index (χ1v) is 8.78. The minimum absolute atomic E-state index is 0.0733. The molecule has 134 valence electrons. The molecule has 0 saturated carbocycles. The van der Waals surface area contributed by atoms with Crippen molar-refractivity contribution in [2.75, 3.05) is 23.3 Å². The van der Waals surface area contributed by atoms with Crippen molar-refractivity contribution in [1.29, 1.82) is 0 Å². The van der Waals surface area contributed by atoms with Crippen molar-refractivity contribution in [3.05, 3.63) is 34.4 Å². The van der Waals surface area contributed by atoms with E-state index in [1.165, 1.54) is 11.3 Å². The van der Waals surface area contributed by atoms with Gasteiger partial charge in [-0.3, -0.25) is 4.79 Å². The van der Waals surface area contributed by atoms with Crippen LogP contribution >= 0.6 is 22.9 Å². The number of pyridine rings is 1. The Morgan fingerprint density at radius 3 is 2.84 bits per heavy atom. The number of rotatable bonds is 3. The third-order valence-corrected chi connectivity index (χ3v) is 4.87. The van der Waals surface area contributed by atoms with Gasteiger partial charge in [-0.2, -0.15) is 13.2 Å². The first-order valence-electron chi connectivity index (χ1n) is 7.52. The predicted octanol–water partition coefficient (Wildman–Crippen LogP) is 4.07. The summed E-state index contributed by atoms with van der Waals surface area (Å²) in [5.74, 6) is -0.207. The summed E-state index contributed by atoms with van der Waals surface area (Å²) in [5, 5.41) is 4.95. The van der Waals surface area contributed by atoms with Crippen LogP contribution in [-0.4, -0.2) is 29.0 Å². The zero-order chi connectivity index (χ0) is 18.0. The SMILES string of the molecule is O=C(Nc1nccs1)[C@@H]1CCCN(c2ncc(C(F)(F)F)cc2Cl)C1. The molecule has 0 aromatic carbocycles. The number of aromatic nitrogens is 2. The number of halogens is 4. The highest BCUT2D eigenvalue weighted by molar-refractivity contribution is 7.13. The summed E-state index contributed by atoms with van der Waals surface area (Å²) in [5.41, 5.74) is -0.892. The van der Waals surface area contributed by atoms with Gasteiger partial charge in [0, 0.05) is 30.9 Å². The van der Waals surface area contributed by atoms with Gasteiger partial charge in [-0.25, -0.2) is 9.97 Å². The summed E-state index contributed by atoms with van der Waals surface area (Å²) in [6.07, 6.45) is -0.728. The second-order valence-corrected chi connectivity index (χ2v) is 6.94.